The van der Waals surface area contributed by atoms with Crippen LogP contribution in [0.2, 0.25) is 0 Å². The monoisotopic (exact) mass is 937 g/mol. The predicted octanol–water partition coefficient (Wildman–Crippen LogP) is 8.04. The van der Waals surface area contributed by atoms with E-state index in [9.17, 15) is 72.3 Å². The molecule has 0 aromatic heterocycles. The van der Waals surface area contributed by atoms with E-state index in [1.165, 1.54) is 36.4 Å². The maximum absolute atomic E-state index is 12.4. The van der Waals surface area contributed by atoms with E-state index >= 15 is 0 Å². The van der Waals surface area contributed by atoms with E-state index < -0.39 is 105 Å². The minimum atomic E-state index is -5.46. The van der Waals surface area contributed by atoms with Crippen LogP contribution in [0.25, 0.3) is 32.7 Å². The van der Waals surface area contributed by atoms with E-state index in [-0.39, 0.29) is 39.3 Å². The van der Waals surface area contributed by atoms with Gasteiger partial charge in [0.15, 0.2) is 11.5 Å². The first-order chi connectivity index (χ1) is 29.4. The average Bonchev–Trinajstić information content (AvgIpc) is 3.19. The van der Waals surface area contributed by atoms with E-state index in [1.807, 2.05) is 18.2 Å². The fourth-order valence-corrected chi connectivity index (χ4v) is 8.97. The number of phenols is 4. The van der Waals surface area contributed by atoms with Crippen molar-refractivity contribution in [2.75, 3.05) is 5.32 Å². The molecule has 0 bridgehead atoms. The van der Waals surface area contributed by atoms with Crippen molar-refractivity contribution in [3.05, 3.63) is 109 Å². The molecule has 0 spiro atoms. The molecule has 0 saturated heterocycles. The van der Waals surface area contributed by atoms with E-state index in [1.54, 1.807) is 24.3 Å². The van der Waals surface area contributed by atoms with Gasteiger partial charge < -0.3 is 25.7 Å². The van der Waals surface area contributed by atoms with Crippen LogP contribution in [0.1, 0.15) is 0 Å². The number of aromatic hydroxyl groups is 4. The summed E-state index contributed by atoms with van der Waals surface area (Å²) in [4.78, 5) is -4.61. The summed E-state index contributed by atoms with van der Waals surface area (Å²) in [5.74, 6) is -2.93. The summed E-state index contributed by atoms with van der Waals surface area (Å²) in [6, 6.07) is 23.4. The first kappa shape index (κ1) is 44.0. The zero-order valence-electron chi connectivity index (χ0n) is 31.2. The summed E-state index contributed by atoms with van der Waals surface area (Å²) >= 11 is 0. The number of rotatable bonds is 11. The number of nitrogens with zero attached hydrogens (tertiary/aromatic N) is 4. The molecule has 0 atom stereocenters. The van der Waals surface area contributed by atoms with Crippen LogP contribution in [0.5, 0.6) is 23.0 Å². The summed E-state index contributed by atoms with van der Waals surface area (Å²) in [5, 5.41) is 60.3. The Hall–Kier alpha value is -7.10. The van der Waals surface area contributed by atoms with Gasteiger partial charge in [-0.3, -0.25) is 18.2 Å². The van der Waals surface area contributed by atoms with Gasteiger partial charge in [0.2, 0.25) is 0 Å². The van der Waals surface area contributed by atoms with Crippen molar-refractivity contribution < 1.29 is 72.3 Å². The second-order valence-electron chi connectivity index (χ2n) is 13.3. The summed E-state index contributed by atoms with van der Waals surface area (Å²) in [5.41, 5.74) is -0.272. The zero-order valence-corrected chi connectivity index (χ0v) is 34.4. The molecule has 324 valence electrons. The SMILES string of the molecule is O=S(=O)(O)c1cc(S(=O)(=O)O)c2c(O)c(N=Nc3ccc(-c4ccc(N=Nc5c(S(=O)(=O)O)cc6cc(Nc7ccccc7)ccc6c5O)c(O)c4)cc3O)cc(S(=O)(=O)O)c2c1. The van der Waals surface area contributed by atoms with Crippen LogP contribution < -0.4 is 5.32 Å². The molecule has 9 N–H and O–H groups in total. The van der Waals surface area contributed by atoms with Gasteiger partial charge in [-0.1, -0.05) is 30.3 Å². The van der Waals surface area contributed by atoms with Gasteiger partial charge in [0, 0.05) is 27.5 Å². The Morgan fingerprint density at radius 3 is 1.52 bits per heavy atom. The first-order valence-corrected chi connectivity index (χ1v) is 23.0. The molecule has 7 aromatic rings. The highest BCUT2D eigenvalue weighted by Gasteiger charge is 2.29. The van der Waals surface area contributed by atoms with Gasteiger partial charge in [-0.2, -0.15) is 33.7 Å². The smallest absolute Gasteiger partial charge is 0.296 e. The van der Waals surface area contributed by atoms with Crippen LogP contribution in [-0.2, 0) is 40.5 Å². The summed E-state index contributed by atoms with van der Waals surface area (Å²) in [6.45, 7) is 0. The molecule has 25 heteroatoms. The van der Waals surface area contributed by atoms with Gasteiger partial charge in [-0.25, -0.2) is 0 Å². The normalized spacial score (nSPS) is 12.8. The number of azo groups is 2. The van der Waals surface area contributed by atoms with Crippen LogP contribution in [0, 0.1) is 0 Å². The van der Waals surface area contributed by atoms with E-state index in [4.69, 9.17) is 0 Å². The van der Waals surface area contributed by atoms with Crippen molar-refractivity contribution >= 4 is 96.1 Å². The van der Waals surface area contributed by atoms with Crippen LogP contribution in [0.4, 0.5) is 34.1 Å². The van der Waals surface area contributed by atoms with Gasteiger partial charge in [-0.15, -0.1) is 20.5 Å². The van der Waals surface area contributed by atoms with Crippen LogP contribution in [-0.4, -0.2) is 72.3 Å². The van der Waals surface area contributed by atoms with Gasteiger partial charge in [0.1, 0.15) is 48.9 Å². The molecule has 7 aromatic carbocycles. The van der Waals surface area contributed by atoms with E-state index in [2.05, 4.69) is 25.8 Å². The molecule has 63 heavy (non-hydrogen) atoms. The number of benzene rings is 7. The number of fused-ring (bicyclic) bond motifs is 2. The third-order valence-corrected chi connectivity index (χ3v) is 12.6. The third kappa shape index (κ3) is 9.10. The Balaban J connectivity index is 1.19. The molecule has 0 aliphatic carbocycles. The van der Waals surface area contributed by atoms with Crippen LogP contribution >= 0.6 is 0 Å². The summed E-state index contributed by atoms with van der Waals surface area (Å²) < 4.78 is 137. The zero-order chi connectivity index (χ0) is 45.8. The Bertz CT molecular complexity index is 3590. The summed E-state index contributed by atoms with van der Waals surface area (Å²) in [6.07, 6.45) is 0. The molecule has 0 radical (unpaired) electrons. The number of nitrogens with one attached hydrogen (secondary N) is 1. The Kier molecular flexibility index (Phi) is 11.2. The standard InChI is InChI=1S/C38H27N5O16S4/c44-30-13-19(6-10-27(30)40-42-29-18-32(61(51,52)53)26-16-24(60(48,49)50)17-33(62(54,55)56)35(26)38(29)47)20-7-11-28(31(45)14-20)41-43-36-34(63(57,58)59)15-21-12-23(8-9-25(21)37(36)46)39-22-4-2-1-3-5-22/h1-18,39,44-47H,(H,48,49,50)(H,51,52,53)(H,54,55,56)(H,57,58,59). The molecule has 7 rings (SSSR count). The van der Waals surface area contributed by atoms with Crippen molar-refractivity contribution in [3.63, 3.8) is 0 Å². The van der Waals surface area contributed by atoms with Crippen molar-refractivity contribution in [1.29, 1.82) is 0 Å². The molecule has 0 amide bonds. The van der Waals surface area contributed by atoms with Gasteiger partial charge in [0.05, 0.1) is 4.90 Å². The number of para-hydroxylation sites is 1. The van der Waals surface area contributed by atoms with Crippen molar-refractivity contribution in [2.24, 2.45) is 20.5 Å². The van der Waals surface area contributed by atoms with Crippen molar-refractivity contribution in [3.8, 4) is 34.1 Å². The third-order valence-electron chi connectivity index (χ3n) is 9.14. The van der Waals surface area contributed by atoms with Crippen LogP contribution in [0.3, 0.4) is 0 Å². The predicted molar refractivity (Wildman–Crippen MR) is 224 cm³/mol. The fourth-order valence-electron chi connectivity index (χ4n) is 6.27. The Morgan fingerprint density at radius 1 is 0.429 bits per heavy atom. The van der Waals surface area contributed by atoms with Gasteiger partial charge in [0.25, 0.3) is 40.5 Å². The first-order valence-electron chi connectivity index (χ1n) is 17.3. The lowest BCUT2D eigenvalue weighted by Crippen LogP contribution is -2.07. The largest absolute Gasteiger partial charge is 0.506 e. The second-order valence-corrected chi connectivity index (χ2v) is 18.9. The molecule has 0 aliphatic rings. The highest BCUT2D eigenvalue weighted by molar-refractivity contribution is 7.87. The van der Waals surface area contributed by atoms with Crippen molar-refractivity contribution in [2.45, 2.75) is 19.6 Å². The minimum absolute atomic E-state index is 0.164. The summed E-state index contributed by atoms with van der Waals surface area (Å²) in [7, 11) is -21.0. The topological polar surface area (TPSA) is 360 Å². The highest BCUT2D eigenvalue weighted by atomic mass is 32.2. The maximum atomic E-state index is 12.4. The van der Waals surface area contributed by atoms with Crippen molar-refractivity contribution in [1.82, 2.24) is 0 Å². The molecular weight excluding hydrogens is 911 g/mol. The van der Waals surface area contributed by atoms with E-state index in [0.717, 1.165) is 17.8 Å². The second kappa shape index (κ2) is 16.0. The molecule has 0 fully saturated rings. The molecule has 0 saturated carbocycles. The minimum Gasteiger partial charge on any atom is -0.506 e. The lowest BCUT2D eigenvalue weighted by atomic mass is 10.0. The Labute approximate surface area is 355 Å². The maximum Gasteiger partial charge on any atom is 0.296 e. The number of hydrogen-bond donors (Lipinski definition) is 9. The average molecular weight is 938 g/mol. The molecule has 21 nitrogen and oxygen atoms in total. The van der Waals surface area contributed by atoms with Gasteiger partial charge in [-0.05, 0) is 95.4 Å². The lowest BCUT2D eigenvalue weighted by molar-refractivity contribution is 0.470. The lowest BCUT2D eigenvalue weighted by Gasteiger charge is -2.13. The number of hydrogen-bond acceptors (Lipinski definition) is 17. The van der Waals surface area contributed by atoms with Gasteiger partial charge >= 0.3 is 0 Å². The number of phenolic OH excluding ortho intramolecular Hbond substituents is 4. The molecule has 0 unspecified atom stereocenters. The van der Waals surface area contributed by atoms with Crippen LogP contribution in [0.15, 0.2) is 149 Å². The molecular formula is C38H27N5O16S4. The molecule has 0 aliphatic heterocycles. The quantitative estimate of drug-likeness (QED) is 0.0437. The van der Waals surface area contributed by atoms with E-state index in [0.29, 0.717) is 17.8 Å². The highest BCUT2D eigenvalue weighted by Crippen LogP contribution is 2.46. The fraction of sp³-hybridized carbons (Fsp3) is 0. The molecule has 0 heterocycles. The number of anilines is 2. The Morgan fingerprint density at radius 2 is 0.984 bits per heavy atom.